The van der Waals surface area contributed by atoms with Crippen LogP contribution in [0, 0.1) is 11.3 Å². The second-order valence-corrected chi connectivity index (χ2v) is 4.91. The highest BCUT2D eigenvalue weighted by atomic mass is 32.2. The third-order valence-electron chi connectivity index (χ3n) is 1.75. The molecule has 2 aromatic rings. The van der Waals surface area contributed by atoms with Crippen LogP contribution in [0.3, 0.4) is 0 Å². The highest BCUT2D eigenvalue weighted by Gasteiger charge is 2.08. The Morgan fingerprint density at radius 2 is 2.29 bits per heavy atom. The zero-order valence-electron chi connectivity index (χ0n) is 8.32. The maximum atomic E-state index is 10.7. The van der Waals surface area contributed by atoms with Crippen LogP contribution in [0.5, 0.6) is 0 Å². The minimum absolute atomic E-state index is 0.255. The average Bonchev–Trinajstić information content (AvgIpc) is 2.79. The molecule has 1 N–H and O–H groups in total. The van der Waals surface area contributed by atoms with Gasteiger partial charge in [-0.05, 0) is 6.07 Å². The highest BCUT2D eigenvalue weighted by molar-refractivity contribution is 7.99. The SMILES string of the molecule is N#Cc1cnc(Sc2csc(C(=O)O)c2)cn1. The summed E-state index contributed by atoms with van der Waals surface area (Å²) in [5.74, 6) is -0.937. The largest absolute Gasteiger partial charge is 0.477 e. The molecule has 7 heteroatoms. The smallest absolute Gasteiger partial charge is 0.345 e. The maximum Gasteiger partial charge on any atom is 0.345 e. The highest BCUT2D eigenvalue weighted by Crippen LogP contribution is 2.29. The molecule has 0 atom stereocenters. The first-order chi connectivity index (χ1) is 8.19. The summed E-state index contributed by atoms with van der Waals surface area (Å²) in [6, 6.07) is 3.46. The maximum absolute atomic E-state index is 10.7. The average molecular weight is 263 g/mol. The van der Waals surface area contributed by atoms with E-state index in [0.29, 0.717) is 5.03 Å². The van der Waals surface area contributed by atoms with Crippen molar-refractivity contribution in [3.63, 3.8) is 0 Å². The predicted molar refractivity (Wildman–Crippen MR) is 62.1 cm³/mol. The Bertz CT molecular complexity index is 586. The van der Waals surface area contributed by atoms with E-state index in [-0.39, 0.29) is 10.6 Å². The minimum Gasteiger partial charge on any atom is -0.477 e. The molecule has 17 heavy (non-hydrogen) atoms. The molecule has 2 heterocycles. The number of aromatic nitrogens is 2. The topological polar surface area (TPSA) is 86.9 Å². The first-order valence-corrected chi connectivity index (χ1v) is 6.10. The summed E-state index contributed by atoms with van der Waals surface area (Å²) in [6.45, 7) is 0. The third kappa shape index (κ3) is 2.81. The van der Waals surface area contributed by atoms with Crippen molar-refractivity contribution >= 4 is 29.1 Å². The van der Waals surface area contributed by atoms with Gasteiger partial charge in [0.1, 0.15) is 16.0 Å². The fraction of sp³-hybridized carbons (Fsp3) is 0. The molecule has 0 saturated carbocycles. The number of carbonyl (C=O) groups is 1. The fourth-order valence-electron chi connectivity index (χ4n) is 1.03. The fourth-order valence-corrected chi connectivity index (χ4v) is 2.68. The second-order valence-electron chi connectivity index (χ2n) is 2.91. The van der Waals surface area contributed by atoms with Crippen LogP contribution >= 0.6 is 23.1 Å². The first kappa shape index (κ1) is 11.6. The lowest BCUT2D eigenvalue weighted by molar-refractivity contribution is 0.0702. The lowest BCUT2D eigenvalue weighted by Crippen LogP contribution is -1.90. The number of aromatic carboxylic acids is 1. The quantitative estimate of drug-likeness (QED) is 0.914. The molecule has 0 amide bonds. The van der Waals surface area contributed by atoms with Gasteiger partial charge in [0, 0.05) is 10.3 Å². The minimum atomic E-state index is -0.937. The Morgan fingerprint density at radius 3 is 2.82 bits per heavy atom. The van der Waals surface area contributed by atoms with Crippen molar-refractivity contribution in [1.82, 2.24) is 9.97 Å². The van der Waals surface area contributed by atoms with Crippen LogP contribution in [0.25, 0.3) is 0 Å². The standard InChI is InChI=1S/C10H5N3O2S2/c11-2-6-3-13-9(4-12-6)17-7-1-8(10(14)15)16-5-7/h1,3-5H,(H,14,15). The normalized spacial score (nSPS) is 9.82. The molecule has 0 unspecified atom stereocenters. The van der Waals surface area contributed by atoms with E-state index in [1.54, 1.807) is 11.4 Å². The molecule has 0 spiro atoms. The molecule has 0 radical (unpaired) electrons. The summed E-state index contributed by atoms with van der Waals surface area (Å²) < 4.78 is 0. The summed E-state index contributed by atoms with van der Waals surface area (Å²) in [6.07, 6.45) is 2.87. The van der Waals surface area contributed by atoms with Gasteiger partial charge in [0.25, 0.3) is 0 Å². The number of hydrogen-bond donors (Lipinski definition) is 1. The third-order valence-corrected chi connectivity index (χ3v) is 3.71. The molecule has 0 saturated heterocycles. The van der Waals surface area contributed by atoms with E-state index >= 15 is 0 Å². The van der Waals surface area contributed by atoms with Crippen LogP contribution in [0.15, 0.2) is 33.8 Å². The molecule has 2 aromatic heterocycles. The zero-order valence-corrected chi connectivity index (χ0v) is 9.96. The van der Waals surface area contributed by atoms with Crippen LogP contribution < -0.4 is 0 Å². The van der Waals surface area contributed by atoms with Gasteiger partial charge in [0.2, 0.25) is 0 Å². The van der Waals surface area contributed by atoms with Crippen molar-refractivity contribution in [2.45, 2.75) is 9.92 Å². The van der Waals surface area contributed by atoms with Crippen molar-refractivity contribution < 1.29 is 9.90 Å². The Kier molecular flexibility index (Phi) is 3.37. The molecule has 5 nitrogen and oxygen atoms in total. The monoisotopic (exact) mass is 263 g/mol. The molecule has 0 bridgehead atoms. The van der Waals surface area contributed by atoms with E-state index in [0.717, 1.165) is 16.2 Å². The lowest BCUT2D eigenvalue weighted by atomic mass is 10.5. The Labute approximate surface area is 105 Å². The number of nitriles is 1. The van der Waals surface area contributed by atoms with Crippen molar-refractivity contribution in [3.8, 4) is 6.07 Å². The van der Waals surface area contributed by atoms with Crippen molar-refractivity contribution in [2.24, 2.45) is 0 Å². The number of carboxylic acid groups (broad SMARTS) is 1. The Morgan fingerprint density at radius 1 is 1.47 bits per heavy atom. The van der Waals surface area contributed by atoms with Crippen LogP contribution in [0.2, 0.25) is 0 Å². The lowest BCUT2D eigenvalue weighted by Gasteiger charge is -1.96. The van der Waals surface area contributed by atoms with Crippen LogP contribution in [0.1, 0.15) is 15.4 Å². The first-order valence-electron chi connectivity index (χ1n) is 4.41. The van der Waals surface area contributed by atoms with Gasteiger partial charge in [0.15, 0.2) is 5.69 Å². The van der Waals surface area contributed by atoms with E-state index < -0.39 is 5.97 Å². The molecular formula is C10H5N3O2S2. The van der Waals surface area contributed by atoms with Crippen molar-refractivity contribution in [3.05, 3.63) is 34.4 Å². The predicted octanol–water partition coefficient (Wildman–Crippen LogP) is 2.26. The number of carboxylic acids is 1. The molecule has 0 aliphatic heterocycles. The van der Waals surface area contributed by atoms with Gasteiger partial charge >= 0.3 is 5.97 Å². The van der Waals surface area contributed by atoms with Crippen molar-refractivity contribution in [2.75, 3.05) is 0 Å². The second kappa shape index (κ2) is 4.95. The Hall–Kier alpha value is -1.91. The van der Waals surface area contributed by atoms with E-state index in [4.69, 9.17) is 10.4 Å². The zero-order chi connectivity index (χ0) is 12.3. The number of rotatable bonds is 3. The summed E-state index contributed by atoms with van der Waals surface area (Å²) in [4.78, 5) is 19.7. The van der Waals surface area contributed by atoms with Gasteiger partial charge < -0.3 is 5.11 Å². The number of nitrogens with zero attached hydrogens (tertiary/aromatic N) is 3. The molecule has 0 aliphatic rings. The summed E-state index contributed by atoms with van der Waals surface area (Å²) in [7, 11) is 0. The molecule has 0 aliphatic carbocycles. The van der Waals surface area contributed by atoms with Crippen LogP contribution in [0.4, 0.5) is 0 Å². The molecule has 0 fully saturated rings. The number of hydrogen-bond acceptors (Lipinski definition) is 6. The molecule has 0 aromatic carbocycles. The van der Waals surface area contributed by atoms with E-state index in [9.17, 15) is 4.79 Å². The van der Waals surface area contributed by atoms with E-state index in [2.05, 4.69) is 9.97 Å². The van der Waals surface area contributed by atoms with Gasteiger partial charge in [0.05, 0.1) is 12.4 Å². The molecule has 2 rings (SSSR count). The van der Waals surface area contributed by atoms with Gasteiger partial charge in [-0.3, -0.25) is 0 Å². The van der Waals surface area contributed by atoms with Crippen LogP contribution in [-0.2, 0) is 0 Å². The van der Waals surface area contributed by atoms with E-state index in [1.165, 1.54) is 24.2 Å². The van der Waals surface area contributed by atoms with Gasteiger partial charge in [-0.15, -0.1) is 11.3 Å². The summed E-state index contributed by atoms with van der Waals surface area (Å²) in [5.41, 5.74) is 0.255. The molecular weight excluding hydrogens is 258 g/mol. The summed E-state index contributed by atoms with van der Waals surface area (Å²) >= 11 is 2.47. The number of thiophene rings is 1. The van der Waals surface area contributed by atoms with E-state index in [1.807, 2.05) is 6.07 Å². The van der Waals surface area contributed by atoms with Gasteiger partial charge in [-0.1, -0.05) is 11.8 Å². The molecule has 84 valence electrons. The van der Waals surface area contributed by atoms with Crippen molar-refractivity contribution in [1.29, 1.82) is 5.26 Å². The summed E-state index contributed by atoms with van der Waals surface area (Å²) in [5, 5.41) is 19.7. The van der Waals surface area contributed by atoms with Crippen LogP contribution in [-0.4, -0.2) is 21.0 Å². The Balaban J connectivity index is 2.14. The van der Waals surface area contributed by atoms with Gasteiger partial charge in [-0.25, -0.2) is 14.8 Å². The van der Waals surface area contributed by atoms with Gasteiger partial charge in [-0.2, -0.15) is 5.26 Å².